The Labute approximate surface area is 120 Å². The molecule has 5 heteroatoms. The van der Waals surface area contributed by atoms with Gasteiger partial charge in [0.1, 0.15) is 17.5 Å². The molecule has 0 aromatic carbocycles. The molecule has 108 valence electrons. The van der Waals surface area contributed by atoms with Crippen LogP contribution in [0, 0.1) is 24.2 Å². The van der Waals surface area contributed by atoms with Gasteiger partial charge < -0.3 is 10.2 Å². The van der Waals surface area contributed by atoms with Gasteiger partial charge in [0, 0.05) is 26.2 Å². The Hall–Kier alpha value is -1.54. The summed E-state index contributed by atoms with van der Waals surface area (Å²) in [7, 11) is 1.95. The molecule has 0 aliphatic carbocycles. The zero-order valence-electron chi connectivity index (χ0n) is 12.4. The van der Waals surface area contributed by atoms with Crippen LogP contribution >= 0.6 is 0 Å². The van der Waals surface area contributed by atoms with Crippen molar-refractivity contribution in [2.24, 2.45) is 13.0 Å². The lowest BCUT2D eigenvalue weighted by Crippen LogP contribution is -2.44. The molecule has 0 bridgehead atoms. The normalized spacial score (nSPS) is 26.8. The van der Waals surface area contributed by atoms with Crippen molar-refractivity contribution in [3.05, 3.63) is 11.3 Å². The fourth-order valence-corrected chi connectivity index (χ4v) is 3.78. The predicted octanol–water partition coefficient (Wildman–Crippen LogP) is 1.57. The summed E-state index contributed by atoms with van der Waals surface area (Å²) in [6, 6.07) is 2.99. The summed E-state index contributed by atoms with van der Waals surface area (Å²) in [6.45, 7) is 5.17. The van der Waals surface area contributed by atoms with Gasteiger partial charge in [-0.25, -0.2) is 0 Å². The summed E-state index contributed by atoms with van der Waals surface area (Å²) >= 11 is 0. The molecule has 1 aromatic rings. The second kappa shape index (κ2) is 5.45. The van der Waals surface area contributed by atoms with Gasteiger partial charge in [-0.2, -0.15) is 10.4 Å². The predicted molar refractivity (Wildman–Crippen MR) is 78.6 cm³/mol. The van der Waals surface area contributed by atoms with Crippen LogP contribution in [0.3, 0.4) is 0 Å². The van der Waals surface area contributed by atoms with Crippen molar-refractivity contribution in [2.75, 3.05) is 24.5 Å². The molecule has 20 heavy (non-hydrogen) atoms. The van der Waals surface area contributed by atoms with Crippen LogP contribution in [0.4, 0.5) is 5.82 Å². The smallest absolute Gasteiger partial charge is 0.144 e. The van der Waals surface area contributed by atoms with Crippen molar-refractivity contribution in [3.8, 4) is 6.07 Å². The van der Waals surface area contributed by atoms with Crippen molar-refractivity contribution >= 4 is 5.82 Å². The fraction of sp³-hybridized carbons (Fsp3) is 0.733. The highest BCUT2D eigenvalue weighted by molar-refractivity contribution is 5.57. The van der Waals surface area contributed by atoms with Crippen LogP contribution in [0.15, 0.2) is 0 Å². The van der Waals surface area contributed by atoms with Crippen LogP contribution in [0.2, 0.25) is 0 Å². The maximum absolute atomic E-state index is 9.38. The average Bonchev–Trinajstić information content (AvgIpc) is 3.06. The summed E-state index contributed by atoms with van der Waals surface area (Å²) in [6.07, 6.45) is 5.11. The molecule has 2 atom stereocenters. The first-order chi connectivity index (χ1) is 9.70. The van der Waals surface area contributed by atoms with Gasteiger partial charge in [0.2, 0.25) is 0 Å². The molecule has 3 heterocycles. The van der Waals surface area contributed by atoms with E-state index >= 15 is 0 Å². The second-order valence-electron chi connectivity index (χ2n) is 6.07. The summed E-state index contributed by atoms with van der Waals surface area (Å²) in [5.74, 6) is 1.71. The summed E-state index contributed by atoms with van der Waals surface area (Å²) in [5, 5.41) is 17.4. The molecular weight excluding hydrogens is 250 g/mol. The van der Waals surface area contributed by atoms with E-state index in [9.17, 15) is 5.26 Å². The van der Waals surface area contributed by atoms with E-state index in [4.69, 9.17) is 0 Å². The summed E-state index contributed by atoms with van der Waals surface area (Å²) < 4.78 is 1.87. The fourth-order valence-electron chi connectivity index (χ4n) is 3.78. The van der Waals surface area contributed by atoms with E-state index in [0.717, 1.165) is 36.7 Å². The van der Waals surface area contributed by atoms with E-state index in [2.05, 4.69) is 21.4 Å². The molecule has 5 nitrogen and oxygen atoms in total. The zero-order valence-corrected chi connectivity index (χ0v) is 12.4. The van der Waals surface area contributed by atoms with E-state index < -0.39 is 0 Å². The highest BCUT2D eigenvalue weighted by atomic mass is 15.4. The molecule has 0 radical (unpaired) electrons. The molecule has 1 N–H and O–H groups in total. The Balaban J connectivity index is 1.82. The Kier molecular flexibility index (Phi) is 3.66. The third kappa shape index (κ3) is 2.29. The van der Waals surface area contributed by atoms with Crippen molar-refractivity contribution in [3.63, 3.8) is 0 Å². The maximum Gasteiger partial charge on any atom is 0.144 e. The quantitative estimate of drug-likeness (QED) is 0.888. The number of nitriles is 1. The highest BCUT2D eigenvalue weighted by Gasteiger charge is 2.31. The average molecular weight is 273 g/mol. The number of aryl methyl sites for hydroxylation is 2. The Morgan fingerprint density at radius 3 is 2.90 bits per heavy atom. The van der Waals surface area contributed by atoms with Gasteiger partial charge in [-0.1, -0.05) is 0 Å². The van der Waals surface area contributed by atoms with Gasteiger partial charge in [-0.3, -0.25) is 4.68 Å². The van der Waals surface area contributed by atoms with Crippen molar-refractivity contribution < 1.29 is 0 Å². The lowest BCUT2D eigenvalue weighted by atomic mass is 9.89. The number of piperidine rings is 1. The summed E-state index contributed by atoms with van der Waals surface area (Å²) in [5.41, 5.74) is 1.58. The molecule has 2 aliphatic rings. The molecule has 2 unspecified atom stereocenters. The van der Waals surface area contributed by atoms with Gasteiger partial charge in [0.25, 0.3) is 0 Å². The third-order valence-electron chi connectivity index (χ3n) is 4.73. The number of aromatic nitrogens is 2. The Morgan fingerprint density at radius 2 is 2.20 bits per heavy atom. The molecule has 3 rings (SSSR count). The molecule has 2 aliphatic heterocycles. The van der Waals surface area contributed by atoms with Gasteiger partial charge in [0.05, 0.1) is 5.69 Å². The first-order valence-electron chi connectivity index (χ1n) is 7.62. The minimum atomic E-state index is 0.665. The number of rotatable bonds is 2. The topological polar surface area (TPSA) is 56.9 Å². The van der Waals surface area contributed by atoms with Gasteiger partial charge >= 0.3 is 0 Å². The van der Waals surface area contributed by atoms with Gasteiger partial charge in [0.15, 0.2) is 0 Å². The monoisotopic (exact) mass is 273 g/mol. The minimum Gasteiger partial charge on any atom is -0.355 e. The van der Waals surface area contributed by atoms with E-state index in [1.54, 1.807) is 0 Å². The second-order valence-corrected chi connectivity index (χ2v) is 6.07. The molecule has 0 amide bonds. The largest absolute Gasteiger partial charge is 0.355 e. The first-order valence-corrected chi connectivity index (χ1v) is 7.62. The van der Waals surface area contributed by atoms with Gasteiger partial charge in [-0.15, -0.1) is 0 Å². The number of nitrogens with one attached hydrogen (secondary N) is 1. The Morgan fingerprint density at radius 1 is 1.35 bits per heavy atom. The number of hydrogen-bond acceptors (Lipinski definition) is 4. The van der Waals surface area contributed by atoms with Crippen LogP contribution in [0.1, 0.15) is 36.9 Å². The van der Waals surface area contributed by atoms with Crippen LogP contribution in [0.5, 0.6) is 0 Å². The maximum atomic E-state index is 9.38. The van der Waals surface area contributed by atoms with E-state index in [1.807, 2.05) is 18.7 Å². The number of anilines is 1. The highest BCUT2D eigenvalue weighted by Crippen LogP contribution is 2.30. The van der Waals surface area contributed by atoms with Crippen LogP contribution in [0.25, 0.3) is 0 Å². The van der Waals surface area contributed by atoms with Crippen LogP contribution in [-0.4, -0.2) is 35.5 Å². The molecule has 2 fully saturated rings. The van der Waals surface area contributed by atoms with E-state index in [0.29, 0.717) is 12.0 Å². The third-order valence-corrected chi connectivity index (χ3v) is 4.73. The van der Waals surface area contributed by atoms with Crippen LogP contribution < -0.4 is 10.2 Å². The lowest BCUT2D eigenvalue weighted by Gasteiger charge is -2.37. The molecule has 1 aromatic heterocycles. The SMILES string of the molecule is Cc1nn(C)c(N2CCCC(C3CCCN3)C2)c1C#N. The standard InChI is InChI=1S/C15H23N5/c1-11-13(9-16)15(19(2)18-11)20-8-4-5-12(10-20)14-6-3-7-17-14/h12,14,17H,3-8,10H2,1-2H3. The molecule has 0 saturated carbocycles. The van der Waals surface area contributed by atoms with E-state index in [1.165, 1.54) is 25.7 Å². The molecular formula is C15H23N5. The zero-order chi connectivity index (χ0) is 14.1. The van der Waals surface area contributed by atoms with Crippen LogP contribution in [-0.2, 0) is 7.05 Å². The number of nitrogens with zero attached hydrogens (tertiary/aromatic N) is 4. The Bertz CT molecular complexity index is 521. The number of hydrogen-bond donors (Lipinski definition) is 1. The van der Waals surface area contributed by atoms with Crippen molar-refractivity contribution in [1.82, 2.24) is 15.1 Å². The van der Waals surface area contributed by atoms with Crippen molar-refractivity contribution in [2.45, 2.75) is 38.6 Å². The lowest BCUT2D eigenvalue weighted by molar-refractivity contribution is 0.326. The van der Waals surface area contributed by atoms with Gasteiger partial charge in [-0.05, 0) is 45.1 Å². The van der Waals surface area contributed by atoms with Crippen molar-refractivity contribution in [1.29, 1.82) is 5.26 Å². The first kappa shape index (κ1) is 13.4. The minimum absolute atomic E-state index is 0.665. The molecule has 2 saturated heterocycles. The summed E-state index contributed by atoms with van der Waals surface area (Å²) in [4.78, 5) is 2.37. The molecule has 0 spiro atoms. The van der Waals surface area contributed by atoms with E-state index in [-0.39, 0.29) is 0 Å².